The zero-order valence-electron chi connectivity index (χ0n) is 82.8. The standard InChI is InChI=1S/C27H25NO3S.C25H23NO4S.C24H18N2O3S.C22H25NO3S2.C20H19NO3S/c29-26(21-16-18-24(19-17-21)32-23-14-8-3-9-15-23)25(20-10-4-1-5-11-20)28-31-27(30)22-12-6-2-7-13-22;1-16-14-21(31-4)15-17(2)22(16)24(27)23(18-8-6-5-7-9-18)26-30-25(28)19-10-12-20(29-3)13-11-19;1-16(26-29-24(28)21-15-25-22-10-6-5-9-20(21)22)23(27)17-11-13-19(14-12-17)30-18-7-3-2-4-8-18;1-14-12-17(27-5)18(28-6)13-16(14)20(24)19(15-10-8-7-9-11-15)23-26-21(25)22(2,3)4;1-3-4-10-19(22)24-21-15(2)20(23)16-11-13-18(14-12-16)25-17-8-6-5-7-9-17/h2-3,6-9,12-20H,1,4-5,10-11H2;5-15H,1-4H3;2-15,25H,1H3;7-13H,1-6H3;3,5-9,11-14H,1,4,10H2,2H3/b28-25+;26-23+;26-16+;23-19+;21-15+. The number of nitrogens with one attached hydrogen (secondary N) is 1. The fourth-order valence-electron chi connectivity index (χ4n) is 14.3. The van der Waals surface area contributed by atoms with Crippen molar-refractivity contribution in [3.05, 3.63) is 419 Å². The second-order valence-electron chi connectivity index (χ2n) is 33.8. The molecule has 0 amide bonds. The normalized spacial score (nSPS) is 12.1. The summed E-state index contributed by atoms with van der Waals surface area (Å²) in [5.74, 6) is -3.47. The molecular weight excluding hydrogens is 1950 g/mol. The van der Waals surface area contributed by atoms with E-state index in [0.29, 0.717) is 73.5 Å². The Kier molecular flexibility index (Phi) is 43.5. The van der Waals surface area contributed by atoms with Crippen LogP contribution in [0.3, 0.4) is 0 Å². The van der Waals surface area contributed by atoms with Crippen molar-refractivity contribution in [3.8, 4) is 5.75 Å². The number of carbonyl (C=O) groups excluding carboxylic acids is 10. The maximum atomic E-state index is 13.5. The van der Waals surface area contributed by atoms with Crippen LogP contribution in [0.25, 0.3) is 10.9 Å². The first-order chi connectivity index (χ1) is 70.5. The summed E-state index contributed by atoms with van der Waals surface area (Å²) in [6.07, 6.45) is 14.9. The zero-order valence-corrected chi connectivity index (χ0v) is 87.7. The van der Waals surface area contributed by atoms with Crippen molar-refractivity contribution in [1.29, 1.82) is 0 Å². The number of para-hydroxylation sites is 1. The van der Waals surface area contributed by atoms with Crippen LogP contribution in [0.1, 0.15) is 190 Å². The highest BCUT2D eigenvalue weighted by Gasteiger charge is 2.31. The number of aryl methyl sites for hydroxylation is 3. The number of aromatic nitrogens is 1. The molecule has 28 heteroatoms. The van der Waals surface area contributed by atoms with Gasteiger partial charge in [0.25, 0.3) is 0 Å². The lowest BCUT2D eigenvalue weighted by Crippen LogP contribution is -2.27. The zero-order chi connectivity index (χ0) is 104. The smallest absolute Gasteiger partial charge is 0.367 e. The SMILES string of the molecule is C/C(=N\OC(=O)c1c[nH]c2ccccc12)C(=O)c1ccc(Sc2ccccc2)cc1.C=CCCC(=O)O/N=C(\C)C(=O)c1ccc(Sc2ccccc2)cc1.COc1ccc(C(=O)O/N=C(/C(=O)c2c(C)cc(SC)cc2C)c2ccccc2)cc1.CSc1cc(C)c(C(=O)/C(=N/OC(=O)C(C)(C)C)c2ccccc2)cc1SC.O=C(O/N=C(/C(=O)c1ccc(Sc2ccccc2)cc1)C1CCCCC1)c1ccccc1. The third-order valence-electron chi connectivity index (χ3n) is 22.2. The van der Waals surface area contributed by atoms with Crippen molar-refractivity contribution in [3.63, 3.8) is 0 Å². The summed E-state index contributed by atoms with van der Waals surface area (Å²) in [5.41, 5.74) is 8.36. The number of H-pyrrole nitrogens is 1. The summed E-state index contributed by atoms with van der Waals surface area (Å²) >= 11 is 9.73. The van der Waals surface area contributed by atoms with Crippen molar-refractivity contribution in [2.45, 2.75) is 144 Å². The van der Waals surface area contributed by atoms with Gasteiger partial charge in [0.2, 0.25) is 28.9 Å². The molecule has 1 aromatic heterocycles. The number of carbonyl (C=O) groups is 10. The number of rotatable bonds is 34. The number of hydrogen-bond donors (Lipinski definition) is 1. The van der Waals surface area contributed by atoms with E-state index in [4.69, 9.17) is 28.9 Å². The highest BCUT2D eigenvalue weighted by atomic mass is 32.2. The Morgan fingerprint density at radius 1 is 0.377 bits per heavy atom. The minimum atomic E-state index is -0.712. The van der Waals surface area contributed by atoms with Gasteiger partial charge in [0.15, 0.2) is 11.4 Å². The minimum Gasteiger partial charge on any atom is -0.497 e. The van der Waals surface area contributed by atoms with Crippen LogP contribution >= 0.6 is 70.6 Å². The summed E-state index contributed by atoms with van der Waals surface area (Å²) in [7, 11) is 1.55. The van der Waals surface area contributed by atoms with E-state index >= 15 is 0 Å². The number of methoxy groups -OCH3 is 1. The fraction of sp³-hybridized carbons (Fsp3) is 0.178. The van der Waals surface area contributed by atoms with E-state index in [1.54, 1.807) is 220 Å². The van der Waals surface area contributed by atoms with Crippen molar-refractivity contribution in [1.82, 2.24) is 4.98 Å². The second-order valence-corrected chi connectivity index (χ2v) is 39.8. The molecule has 1 fully saturated rings. The molecule has 0 spiro atoms. The third kappa shape index (κ3) is 33.3. The highest BCUT2D eigenvalue weighted by Crippen LogP contribution is 2.36. The number of oxime groups is 5. The Balaban J connectivity index is 0.000000174. The predicted octanol–water partition coefficient (Wildman–Crippen LogP) is 28.5. The van der Waals surface area contributed by atoms with Crippen LogP contribution in [0.15, 0.2) is 416 Å². The first-order valence-electron chi connectivity index (χ1n) is 46.5. The van der Waals surface area contributed by atoms with Gasteiger partial charge in [-0.15, -0.1) is 41.9 Å². The average molecular weight is 2060 g/mol. The van der Waals surface area contributed by atoms with Crippen LogP contribution in [0.5, 0.6) is 5.75 Å². The number of nitrogens with zero attached hydrogens (tertiary/aromatic N) is 5. The summed E-state index contributed by atoms with van der Waals surface area (Å²) in [5, 5.41) is 20.2. The maximum absolute atomic E-state index is 13.5. The van der Waals surface area contributed by atoms with E-state index in [1.165, 1.54) is 13.8 Å². The van der Waals surface area contributed by atoms with E-state index in [2.05, 4.69) is 49.5 Å². The summed E-state index contributed by atoms with van der Waals surface area (Å²) < 4.78 is 5.10. The molecule has 22 nitrogen and oxygen atoms in total. The van der Waals surface area contributed by atoms with Crippen molar-refractivity contribution in [2.75, 3.05) is 25.9 Å². The minimum absolute atomic E-state index is 0.0122. The molecule has 14 aromatic rings. The number of ether oxygens (including phenoxy) is 1. The van der Waals surface area contributed by atoms with Gasteiger partial charge in [-0.1, -0.05) is 238 Å². The van der Waals surface area contributed by atoms with Gasteiger partial charge in [-0.05, 0) is 286 Å². The Labute approximate surface area is 875 Å². The van der Waals surface area contributed by atoms with Gasteiger partial charge in [0.05, 0.1) is 35.6 Å². The molecule has 1 N–H and O–H groups in total. The number of ketones is 5. The van der Waals surface area contributed by atoms with Gasteiger partial charge >= 0.3 is 29.8 Å². The first-order valence-corrected chi connectivity index (χ1v) is 52.6. The quantitative estimate of drug-likeness (QED) is 0.00978. The molecule has 0 bridgehead atoms. The Morgan fingerprint density at radius 3 is 1.22 bits per heavy atom. The van der Waals surface area contributed by atoms with Crippen LogP contribution in [0, 0.1) is 32.1 Å². The molecule has 744 valence electrons. The molecule has 0 unspecified atom stereocenters. The first kappa shape index (κ1) is 111. The fourth-order valence-corrected chi connectivity index (χ4v) is 19.0. The largest absolute Gasteiger partial charge is 0.497 e. The molecule has 13 aromatic carbocycles. The van der Waals surface area contributed by atoms with E-state index in [1.807, 2.05) is 246 Å². The summed E-state index contributed by atoms with van der Waals surface area (Å²) in [6, 6.07) is 101. The van der Waals surface area contributed by atoms with Crippen LogP contribution in [-0.2, 0) is 33.8 Å². The monoisotopic (exact) mass is 2060 g/mol. The molecule has 1 aliphatic rings. The number of hydrogen-bond acceptors (Lipinski definition) is 27. The van der Waals surface area contributed by atoms with Crippen molar-refractivity contribution in [2.24, 2.45) is 37.1 Å². The van der Waals surface area contributed by atoms with Gasteiger partial charge in [-0.2, -0.15) is 0 Å². The molecule has 1 heterocycles. The van der Waals surface area contributed by atoms with Crippen molar-refractivity contribution < 1.29 is 76.9 Å². The molecule has 146 heavy (non-hydrogen) atoms. The number of thioether (sulfide) groups is 3. The molecule has 1 saturated carbocycles. The van der Waals surface area contributed by atoms with Crippen LogP contribution in [-0.4, -0.2) is 118 Å². The summed E-state index contributed by atoms with van der Waals surface area (Å²) in [6.45, 7) is 17.5. The van der Waals surface area contributed by atoms with Crippen molar-refractivity contribution >= 4 is 169 Å². The van der Waals surface area contributed by atoms with E-state index in [-0.39, 0.29) is 64.1 Å². The van der Waals surface area contributed by atoms with Gasteiger partial charge < -0.3 is 33.9 Å². The second kappa shape index (κ2) is 57.0. The number of benzene rings is 13. The Morgan fingerprint density at radius 2 is 0.767 bits per heavy atom. The third-order valence-corrected chi connectivity index (χ3v) is 27.6. The predicted molar refractivity (Wildman–Crippen MR) is 586 cm³/mol. The Bertz CT molecular complexity index is 7020. The summed E-state index contributed by atoms with van der Waals surface area (Å²) in [4.78, 5) is 164. The lowest BCUT2D eigenvalue weighted by Gasteiger charge is -2.22. The number of aromatic amines is 1. The van der Waals surface area contributed by atoms with Gasteiger partial charge in [-0.25, -0.2) is 24.0 Å². The number of fused-ring (bicyclic) bond motifs is 1. The van der Waals surface area contributed by atoms with Crippen LogP contribution in [0.2, 0.25) is 0 Å². The van der Waals surface area contributed by atoms with Gasteiger partial charge in [-0.3, -0.25) is 24.0 Å². The molecule has 1 aliphatic carbocycles. The molecule has 15 rings (SSSR count). The van der Waals surface area contributed by atoms with Gasteiger partial charge in [0.1, 0.15) is 22.9 Å². The van der Waals surface area contributed by atoms with Crippen LogP contribution < -0.4 is 4.74 Å². The number of Topliss-reactive ketones (excluding diaryl/α,β-unsaturated/α-hetero) is 5. The molecular formula is C118H110N6O16S6. The van der Waals surface area contributed by atoms with Crippen LogP contribution in [0.4, 0.5) is 0 Å². The molecule has 0 atom stereocenters. The molecule has 0 radical (unpaired) electrons. The van der Waals surface area contributed by atoms with E-state index in [0.717, 1.165) is 104 Å². The lowest BCUT2D eigenvalue weighted by molar-refractivity contribution is -0.153. The maximum Gasteiger partial charge on any atom is 0.367 e. The Hall–Kier alpha value is -14.9. The topological polar surface area (TPSA) is 304 Å². The van der Waals surface area contributed by atoms with E-state index in [9.17, 15) is 47.9 Å². The average Bonchev–Trinajstić information content (AvgIpc) is 1.42. The molecule has 0 aliphatic heterocycles. The lowest BCUT2D eigenvalue weighted by atomic mass is 9.83. The number of allylic oxidation sites excluding steroid dienone is 1. The highest BCUT2D eigenvalue weighted by molar-refractivity contribution is 8.01. The van der Waals surface area contributed by atoms with Gasteiger partial charge in [0, 0.05) is 106 Å². The van der Waals surface area contributed by atoms with E-state index < -0.39 is 35.3 Å². The molecule has 0 saturated heterocycles.